The van der Waals surface area contributed by atoms with Crippen molar-refractivity contribution in [3.63, 3.8) is 0 Å². The van der Waals surface area contributed by atoms with Crippen LogP contribution in [0.4, 0.5) is 5.69 Å². The van der Waals surface area contributed by atoms with Gasteiger partial charge in [-0.05, 0) is 43.9 Å². The fraction of sp³-hybridized carbons (Fsp3) is 0.636. The average Bonchev–Trinajstić information content (AvgIpc) is 3.14. The molecule has 0 heterocycles. The molecule has 0 radical (unpaired) electrons. The lowest BCUT2D eigenvalue weighted by molar-refractivity contribution is -0.138. The maximum Gasteiger partial charge on any atom is 0.230 e. The molecule has 0 spiro atoms. The van der Waals surface area contributed by atoms with Crippen LogP contribution >= 0.6 is 24.0 Å². The van der Waals surface area contributed by atoms with E-state index >= 15 is 0 Å². The molecule has 1 aliphatic carbocycles. The lowest BCUT2D eigenvalue weighted by Gasteiger charge is -2.31. The van der Waals surface area contributed by atoms with Crippen molar-refractivity contribution < 1.29 is 4.79 Å². The van der Waals surface area contributed by atoms with Crippen molar-refractivity contribution in [1.29, 1.82) is 0 Å². The SMILES string of the molecule is CCNC(=NCc1ccc(C)cc1N(C)C)NCC1(C(=O)N(C)C)CCCC1.I. The second kappa shape index (κ2) is 11.6. The zero-order chi connectivity index (χ0) is 20.7. The highest BCUT2D eigenvalue weighted by Crippen LogP contribution is 2.38. The third-order valence-electron chi connectivity index (χ3n) is 5.49. The molecule has 0 unspecified atom stereocenters. The molecule has 0 atom stereocenters. The van der Waals surface area contributed by atoms with Gasteiger partial charge in [0.15, 0.2) is 5.96 Å². The lowest BCUT2D eigenvalue weighted by atomic mass is 9.84. The predicted octanol–water partition coefficient (Wildman–Crippen LogP) is 3.38. The normalized spacial score (nSPS) is 15.4. The number of hydrogen-bond acceptors (Lipinski definition) is 3. The third-order valence-corrected chi connectivity index (χ3v) is 5.49. The van der Waals surface area contributed by atoms with E-state index in [9.17, 15) is 4.79 Å². The quantitative estimate of drug-likeness (QED) is 0.332. The first-order valence-corrected chi connectivity index (χ1v) is 10.3. The maximum atomic E-state index is 12.8. The van der Waals surface area contributed by atoms with Gasteiger partial charge in [-0.25, -0.2) is 4.99 Å². The van der Waals surface area contributed by atoms with Crippen LogP contribution in [-0.2, 0) is 11.3 Å². The highest BCUT2D eigenvalue weighted by atomic mass is 127. The van der Waals surface area contributed by atoms with Crippen LogP contribution in [-0.4, -0.2) is 58.0 Å². The number of aliphatic imine (C=N–C) groups is 1. The molecule has 164 valence electrons. The summed E-state index contributed by atoms with van der Waals surface area (Å²) in [5, 5.41) is 6.77. The minimum absolute atomic E-state index is 0. The molecule has 0 saturated heterocycles. The summed E-state index contributed by atoms with van der Waals surface area (Å²) in [7, 11) is 7.81. The van der Waals surface area contributed by atoms with Crippen LogP contribution in [0.15, 0.2) is 23.2 Å². The third kappa shape index (κ3) is 6.76. The number of nitrogens with one attached hydrogen (secondary N) is 2. The summed E-state index contributed by atoms with van der Waals surface area (Å²) < 4.78 is 0. The van der Waals surface area contributed by atoms with Crippen LogP contribution in [0, 0.1) is 12.3 Å². The van der Waals surface area contributed by atoms with E-state index in [1.54, 1.807) is 4.90 Å². The minimum Gasteiger partial charge on any atom is -0.377 e. The molecule has 1 amide bonds. The van der Waals surface area contributed by atoms with Crippen LogP contribution in [0.5, 0.6) is 0 Å². The fourth-order valence-electron chi connectivity index (χ4n) is 3.98. The molecule has 1 aromatic rings. The fourth-order valence-corrected chi connectivity index (χ4v) is 3.98. The molecule has 1 fully saturated rings. The highest BCUT2D eigenvalue weighted by Gasteiger charge is 2.42. The molecular formula is C22H38IN5O. The number of amides is 1. The van der Waals surface area contributed by atoms with Crippen molar-refractivity contribution >= 4 is 41.5 Å². The summed E-state index contributed by atoms with van der Waals surface area (Å²) in [5.41, 5.74) is 3.31. The monoisotopic (exact) mass is 515 g/mol. The van der Waals surface area contributed by atoms with E-state index in [0.717, 1.165) is 38.2 Å². The van der Waals surface area contributed by atoms with Gasteiger partial charge in [0.1, 0.15) is 0 Å². The van der Waals surface area contributed by atoms with Crippen LogP contribution in [0.25, 0.3) is 0 Å². The van der Waals surface area contributed by atoms with Gasteiger partial charge >= 0.3 is 0 Å². The minimum atomic E-state index is -0.307. The first-order chi connectivity index (χ1) is 13.3. The molecule has 2 rings (SSSR count). The van der Waals surface area contributed by atoms with E-state index < -0.39 is 0 Å². The number of rotatable bonds is 7. The Labute approximate surface area is 193 Å². The summed E-state index contributed by atoms with van der Waals surface area (Å²) in [6, 6.07) is 6.46. The summed E-state index contributed by atoms with van der Waals surface area (Å²) in [4.78, 5) is 21.4. The van der Waals surface area contributed by atoms with E-state index in [4.69, 9.17) is 4.99 Å². The second-order valence-corrected chi connectivity index (χ2v) is 8.26. The first-order valence-electron chi connectivity index (χ1n) is 10.3. The van der Waals surface area contributed by atoms with Gasteiger partial charge in [-0.1, -0.05) is 25.0 Å². The predicted molar refractivity (Wildman–Crippen MR) is 133 cm³/mol. The molecule has 0 bridgehead atoms. The average molecular weight is 515 g/mol. The zero-order valence-electron chi connectivity index (χ0n) is 18.8. The van der Waals surface area contributed by atoms with Crippen molar-refractivity contribution in [2.75, 3.05) is 46.2 Å². The number of nitrogens with zero attached hydrogens (tertiary/aromatic N) is 3. The molecule has 1 aliphatic rings. The van der Waals surface area contributed by atoms with Crippen LogP contribution in [0.1, 0.15) is 43.7 Å². The van der Waals surface area contributed by atoms with Gasteiger partial charge in [0, 0.05) is 47.0 Å². The number of aryl methyl sites for hydroxylation is 1. The standard InChI is InChI=1S/C22H37N5O.HI/c1-7-23-21(24-15-18-11-10-17(2)14-19(18)26(3)4)25-16-22(12-8-9-13-22)20(28)27(5)6;/h10-11,14H,7-9,12-13,15-16H2,1-6H3,(H2,23,24,25);1H. The summed E-state index contributed by atoms with van der Waals surface area (Å²) >= 11 is 0. The van der Waals surface area contributed by atoms with E-state index in [0.29, 0.717) is 13.1 Å². The van der Waals surface area contributed by atoms with Crippen LogP contribution in [0.2, 0.25) is 0 Å². The number of carbonyl (C=O) groups excluding carboxylic acids is 1. The topological polar surface area (TPSA) is 60.0 Å². The largest absolute Gasteiger partial charge is 0.377 e. The van der Waals surface area contributed by atoms with Crippen LogP contribution < -0.4 is 15.5 Å². The zero-order valence-corrected chi connectivity index (χ0v) is 21.2. The molecule has 1 aromatic carbocycles. The molecule has 29 heavy (non-hydrogen) atoms. The Kier molecular flexibility index (Phi) is 10.2. The van der Waals surface area contributed by atoms with E-state index in [2.05, 4.69) is 61.7 Å². The number of guanidine groups is 1. The van der Waals surface area contributed by atoms with Gasteiger partial charge in [-0.2, -0.15) is 0 Å². The van der Waals surface area contributed by atoms with Crippen molar-refractivity contribution in [1.82, 2.24) is 15.5 Å². The maximum absolute atomic E-state index is 12.8. The molecule has 1 saturated carbocycles. The molecule has 0 aromatic heterocycles. The number of benzene rings is 1. The van der Waals surface area contributed by atoms with E-state index in [1.807, 2.05) is 14.1 Å². The second-order valence-electron chi connectivity index (χ2n) is 8.26. The van der Waals surface area contributed by atoms with Crippen molar-refractivity contribution in [2.24, 2.45) is 10.4 Å². The van der Waals surface area contributed by atoms with Crippen molar-refractivity contribution in [3.05, 3.63) is 29.3 Å². The van der Waals surface area contributed by atoms with Gasteiger partial charge in [-0.3, -0.25) is 4.79 Å². The Morgan fingerprint density at radius 2 is 1.79 bits per heavy atom. The Morgan fingerprint density at radius 1 is 1.14 bits per heavy atom. The Morgan fingerprint density at radius 3 is 2.34 bits per heavy atom. The Balaban J connectivity index is 0.00000420. The smallest absolute Gasteiger partial charge is 0.230 e. The molecule has 6 nitrogen and oxygen atoms in total. The van der Waals surface area contributed by atoms with Crippen molar-refractivity contribution in [2.45, 2.75) is 46.1 Å². The summed E-state index contributed by atoms with van der Waals surface area (Å²) in [5.74, 6) is 0.993. The molecular weight excluding hydrogens is 477 g/mol. The van der Waals surface area contributed by atoms with Gasteiger partial charge < -0.3 is 20.4 Å². The van der Waals surface area contributed by atoms with Gasteiger partial charge in [-0.15, -0.1) is 24.0 Å². The van der Waals surface area contributed by atoms with Gasteiger partial charge in [0.05, 0.1) is 12.0 Å². The van der Waals surface area contributed by atoms with E-state index in [1.165, 1.54) is 16.8 Å². The number of carbonyl (C=O) groups is 1. The Bertz CT molecular complexity index is 696. The first kappa shape index (κ1) is 25.5. The Hall–Kier alpha value is -1.51. The van der Waals surface area contributed by atoms with Gasteiger partial charge in [0.2, 0.25) is 5.91 Å². The number of anilines is 1. The lowest BCUT2D eigenvalue weighted by Crippen LogP contribution is -2.49. The van der Waals surface area contributed by atoms with Crippen molar-refractivity contribution in [3.8, 4) is 0 Å². The summed E-state index contributed by atoms with van der Waals surface area (Å²) in [6.07, 6.45) is 4.12. The summed E-state index contributed by atoms with van der Waals surface area (Å²) in [6.45, 7) is 6.18. The van der Waals surface area contributed by atoms with E-state index in [-0.39, 0.29) is 35.3 Å². The number of hydrogen-bond donors (Lipinski definition) is 2. The number of halogens is 1. The molecule has 0 aliphatic heterocycles. The molecule has 7 heteroatoms. The highest BCUT2D eigenvalue weighted by molar-refractivity contribution is 14.0. The van der Waals surface area contributed by atoms with Crippen LogP contribution in [0.3, 0.4) is 0 Å². The molecule has 2 N–H and O–H groups in total. The van der Waals surface area contributed by atoms with Gasteiger partial charge in [0.25, 0.3) is 0 Å².